The van der Waals surface area contributed by atoms with Crippen molar-refractivity contribution in [1.29, 1.82) is 0 Å². The summed E-state index contributed by atoms with van der Waals surface area (Å²) in [5.41, 5.74) is 3.36. The lowest BCUT2D eigenvalue weighted by atomic mass is 10.1. The van der Waals surface area contributed by atoms with Gasteiger partial charge in [-0.05, 0) is 49.0 Å². The standard InChI is InChI=1S/C24H26N8O/c1-30-12-13-31(16-20-4-2-3-9-26-20)17-21(30)23-29-28-22-6-5-19(15-32(22)23)24(33)27-14-18-7-10-25-11-8-18/h2-11,15,21H,12-14,16-17H2,1H3,(H,27,33)/t21-/m1/s1. The Balaban J connectivity index is 1.34. The zero-order chi connectivity index (χ0) is 22.6. The van der Waals surface area contributed by atoms with Crippen LogP contribution in [0.1, 0.15) is 33.5 Å². The SMILES string of the molecule is CN1CCN(Cc2ccccn2)C[C@@H]1c1nnc2ccc(C(=O)NCc3ccncc3)cn12. The Hall–Kier alpha value is -3.69. The number of likely N-dealkylation sites (N-methyl/N-ethyl adjacent to an activating group) is 1. The van der Waals surface area contributed by atoms with E-state index in [-0.39, 0.29) is 11.9 Å². The molecule has 4 aromatic rings. The third-order valence-corrected chi connectivity index (χ3v) is 6.04. The van der Waals surface area contributed by atoms with E-state index in [4.69, 9.17) is 0 Å². The first kappa shape index (κ1) is 21.2. The van der Waals surface area contributed by atoms with E-state index in [0.717, 1.165) is 48.9 Å². The predicted octanol–water partition coefficient (Wildman–Crippen LogP) is 1.94. The number of fused-ring (bicyclic) bond motifs is 1. The van der Waals surface area contributed by atoms with E-state index in [0.29, 0.717) is 12.1 Å². The van der Waals surface area contributed by atoms with Gasteiger partial charge >= 0.3 is 0 Å². The quantitative estimate of drug-likeness (QED) is 0.488. The smallest absolute Gasteiger partial charge is 0.253 e. The molecular weight excluding hydrogens is 416 g/mol. The second-order valence-corrected chi connectivity index (χ2v) is 8.29. The summed E-state index contributed by atoms with van der Waals surface area (Å²) in [6.07, 6.45) is 7.10. The lowest BCUT2D eigenvalue weighted by molar-refractivity contribution is 0.0844. The van der Waals surface area contributed by atoms with Gasteiger partial charge < -0.3 is 5.32 Å². The van der Waals surface area contributed by atoms with Gasteiger partial charge in [0, 0.05) is 57.5 Å². The lowest BCUT2D eigenvalue weighted by Crippen LogP contribution is -2.46. The Bertz CT molecular complexity index is 1230. The molecule has 5 heterocycles. The minimum absolute atomic E-state index is 0.0626. The molecule has 1 saturated heterocycles. The van der Waals surface area contributed by atoms with E-state index in [1.807, 2.05) is 47.1 Å². The molecule has 1 atom stereocenters. The highest BCUT2D eigenvalue weighted by Gasteiger charge is 2.29. The van der Waals surface area contributed by atoms with Crippen molar-refractivity contribution in [3.63, 3.8) is 0 Å². The third kappa shape index (κ3) is 4.74. The molecule has 1 N–H and O–H groups in total. The number of aromatic nitrogens is 5. The first-order valence-electron chi connectivity index (χ1n) is 11.0. The number of hydrogen-bond acceptors (Lipinski definition) is 7. The fourth-order valence-electron chi connectivity index (χ4n) is 4.13. The number of nitrogens with zero attached hydrogens (tertiary/aromatic N) is 7. The Morgan fingerprint density at radius 1 is 1.06 bits per heavy atom. The maximum absolute atomic E-state index is 12.8. The molecular formula is C24H26N8O. The molecule has 168 valence electrons. The van der Waals surface area contributed by atoms with Crippen LogP contribution in [0.2, 0.25) is 0 Å². The van der Waals surface area contributed by atoms with Crippen molar-refractivity contribution in [3.05, 3.63) is 89.9 Å². The van der Waals surface area contributed by atoms with Crippen LogP contribution in [0.3, 0.4) is 0 Å². The van der Waals surface area contributed by atoms with Crippen LogP contribution in [0.5, 0.6) is 0 Å². The van der Waals surface area contributed by atoms with Gasteiger partial charge in [-0.25, -0.2) is 0 Å². The first-order chi connectivity index (χ1) is 16.2. The monoisotopic (exact) mass is 442 g/mol. The third-order valence-electron chi connectivity index (χ3n) is 6.04. The minimum Gasteiger partial charge on any atom is -0.348 e. The molecule has 0 bridgehead atoms. The Morgan fingerprint density at radius 2 is 1.94 bits per heavy atom. The Kier molecular flexibility index (Phi) is 6.05. The van der Waals surface area contributed by atoms with Crippen LogP contribution in [0, 0.1) is 0 Å². The summed E-state index contributed by atoms with van der Waals surface area (Å²) >= 11 is 0. The number of rotatable bonds is 6. The molecule has 0 saturated carbocycles. The second kappa shape index (κ2) is 9.43. The molecule has 9 nitrogen and oxygen atoms in total. The van der Waals surface area contributed by atoms with Gasteiger partial charge in [-0.15, -0.1) is 10.2 Å². The molecule has 1 fully saturated rings. The average Bonchev–Trinajstić information content (AvgIpc) is 3.28. The Labute approximate surface area is 192 Å². The van der Waals surface area contributed by atoms with Crippen LogP contribution in [0.4, 0.5) is 0 Å². The van der Waals surface area contributed by atoms with E-state index < -0.39 is 0 Å². The summed E-state index contributed by atoms with van der Waals surface area (Å²) in [6.45, 7) is 3.93. The normalized spacial score (nSPS) is 17.3. The molecule has 0 radical (unpaired) electrons. The van der Waals surface area contributed by atoms with Crippen LogP contribution >= 0.6 is 0 Å². The zero-order valence-electron chi connectivity index (χ0n) is 18.5. The summed E-state index contributed by atoms with van der Waals surface area (Å²) < 4.78 is 1.94. The van der Waals surface area contributed by atoms with Gasteiger partial charge in [0.1, 0.15) is 0 Å². The number of piperazine rings is 1. The maximum atomic E-state index is 12.8. The molecule has 0 aliphatic carbocycles. The molecule has 4 aromatic heterocycles. The maximum Gasteiger partial charge on any atom is 0.253 e. The topological polar surface area (TPSA) is 91.5 Å². The number of carbonyl (C=O) groups excluding carboxylic acids is 1. The average molecular weight is 443 g/mol. The summed E-state index contributed by atoms with van der Waals surface area (Å²) in [6, 6.07) is 13.5. The number of nitrogens with one attached hydrogen (secondary N) is 1. The molecule has 1 aliphatic heterocycles. The molecule has 0 unspecified atom stereocenters. The van der Waals surface area contributed by atoms with E-state index in [9.17, 15) is 4.79 Å². The second-order valence-electron chi connectivity index (χ2n) is 8.29. The van der Waals surface area contributed by atoms with Gasteiger partial charge in [-0.1, -0.05) is 6.07 Å². The van der Waals surface area contributed by atoms with Gasteiger partial charge in [-0.2, -0.15) is 0 Å². The van der Waals surface area contributed by atoms with Crippen molar-refractivity contribution in [1.82, 2.24) is 39.7 Å². The highest BCUT2D eigenvalue weighted by Crippen LogP contribution is 2.24. The van der Waals surface area contributed by atoms with Crippen LogP contribution in [0.15, 0.2) is 67.3 Å². The molecule has 0 aromatic carbocycles. The number of carbonyl (C=O) groups is 1. The number of amides is 1. The minimum atomic E-state index is -0.137. The van der Waals surface area contributed by atoms with Crippen LogP contribution in [-0.4, -0.2) is 67.0 Å². The van der Waals surface area contributed by atoms with Gasteiger partial charge in [0.15, 0.2) is 11.5 Å². The molecule has 9 heteroatoms. The van der Waals surface area contributed by atoms with Crippen molar-refractivity contribution in [2.75, 3.05) is 26.7 Å². The fraction of sp³-hybridized carbons (Fsp3) is 0.292. The Morgan fingerprint density at radius 3 is 2.76 bits per heavy atom. The van der Waals surface area contributed by atoms with Crippen molar-refractivity contribution < 1.29 is 4.79 Å². The van der Waals surface area contributed by atoms with Gasteiger partial charge in [0.2, 0.25) is 0 Å². The molecule has 5 rings (SSSR count). The van der Waals surface area contributed by atoms with Crippen LogP contribution in [0.25, 0.3) is 5.65 Å². The summed E-state index contributed by atoms with van der Waals surface area (Å²) in [5, 5.41) is 11.8. The highest BCUT2D eigenvalue weighted by atomic mass is 16.1. The molecule has 33 heavy (non-hydrogen) atoms. The van der Waals surface area contributed by atoms with E-state index in [1.165, 1.54) is 0 Å². The first-order valence-corrected chi connectivity index (χ1v) is 11.0. The number of hydrogen-bond donors (Lipinski definition) is 1. The summed E-state index contributed by atoms with van der Waals surface area (Å²) in [7, 11) is 2.11. The van der Waals surface area contributed by atoms with E-state index >= 15 is 0 Å². The van der Waals surface area contributed by atoms with Gasteiger partial charge in [0.25, 0.3) is 5.91 Å². The van der Waals surface area contributed by atoms with Gasteiger partial charge in [0.05, 0.1) is 17.3 Å². The van der Waals surface area contributed by atoms with Crippen molar-refractivity contribution in [3.8, 4) is 0 Å². The molecule has 0 spiro atoms. The number of pyridine rings is 3. The zero-order valence-corrected chi connectivity index (χ0v) is 18.5. The fourth-order valence-corrected chi connectivity index (χ4v) is 4.13. The lowest BCUT2D eigenvalue weighted by Gasteiger charge is -2.38. The van der Waals surface area contributed by atoms with Crippen LogP contribution in [-0.2, 0) is 13.1 Å². The van der Waals surface area contributed by atoms with Crippen LogP contribution < -0.4 is 5.32 Å². The largest absolute Gasteiger partial charge is 0.348 e. The van der Waals surface area contributed by atoms with Crippen molar-refractivity contribution >= 4 is 11.6 Å². The molecule has 1 amide bonds. The molecule has 1 aliphatic rings. The van der Waals surface area contributed by atoms with E-state index in [1.54, 1.807) is 18.5 Å². The highest BCUT2D eigenvalue weighted by molar-refractivity contribution is 5.94. The predicted molar refractivity (Wildman–Crippen MR) is 123 cm³/mol. The summed E-state index contributed by atoms with van der Waals surface area (Å²) in [5.74, 6) is 0.698. The van der Waals surface area contributed by atoms with Crippen molar-refractivity contribution in [2.45, 2.75) is 19.1 Å². The van der Waals surface area contributed by atoms with Crippen molar-refractivity contribution in [2.24, 2.45) is 0 Å². The van der Waals surface area contributed by atoms with E-state index in [2.05, 4.69) is 48.4 Å². The van der Waals surface area contributed by atoms with Gasteiger partial charge in [-0.3, -0.25) is 29.0 Å². The summed E-state index contributed by atoms with van der Waals surface area (Å²) in [4.78, 5) is 25.9.